The van der Waals surface area contributed by atoms with E-state index in [4.69, 9.17) is 5.11 Å². The Hall–Kier alpha value is -1.88. The number of fused-ring (bicyclic) bond motifs is 1. The van der Waals surface area contributed by atoms with E-state index in [1.165, 1.54) is 0 Å². The molecule has 0 aliphatic carbocycles. The average molecular weight is 276 g/mol. The Labute approximate surface area is 117 Å². The summed E-state index contributed by atoms with van der Waals surface area (Å²) in [5.41, 5.74) is 1.50. The van der Waals surface area contributed by atoms with Crippen molar-refractivity contribution in [2.75, 3.05) is 6.61 Å². The van der Waals surface area contributed by atoms with Gasteiger partial charge in [-0.1, -0.05) is 19.9 Å². The van der Waals surface area contributed by atoms with Crippen LogP contribution in [-0.2, 0) is 6.54 Å². The molecule has 0 spiro atoms. The minimum atomic E-state index is -0.963. The molecule has 0 radical (unpaired) electrons. The molecule has 5 heteroatoms. The van der Waals surface area contributed by atoms with E-state index in [1.54, 1.807) is 12.1 Å². The number of aromatic nitrogens is 2. The fourth-order valence-electron chi connectivity index (χ4n) is 2.45. The maximum atomic E-state index is 11.2. The van der Waals surface area contributed by atoms with Crippen molar-refractivity contribution in [2.24, 2.45) is 5.41 Å². The molecule has 0 aliphatic rings. The molecule has 0 atom stereocenters. The molecule has 0 amide bonds. The smallest absolute Gasteiger partial charge is 0.337 e. The SMILES string of the molecule is Cc1nc2c(C(=O)O)cccc2n1CC(C)(C)CCO. The normalized spacial score (nSPS) is 12.0. The van der Waals surface area contributed by atoms with Crippen molar-refractivity contribution in [1.82, 2.24) is 9.55 Å². The lowest BCUT2D eigenvalue weighted by atomic mass is 9.89. The van der Waals surface area contributed by atoms with Gasteiger partial charge in [-0.15, -0.1) is 0 Å². The van der Waals surface area contributed by atoms with Crippen LogP contribution in [0.3, 0.4) is 0 Å². The van der Waals surface area contributed by atoms with Crippen LogP contribution in [0, 0.1) is 12.3 Å². The molecule has 2 rings (SSSR count). The van der Waals surface area contributed by atoms with Gasteiger partial charge in [-0.05, 0) is 30.9 Å². The first-order valence-corrected chi connectivity index (χ1v) is 6.66. The quantitative estimate of drug-likeness (QED) is 0.879. The molecule has 0 unspecified atom stereocenters. The Bertz CT molecular complexity index is 644. The van der Waals surface area contributed by atoms with Gasteiger partial charge in [-0.2, -0.15) is 0 Å². The monoisotopic (exact) mass is 276 g/mol. The Morgan fingerprint density at radius 1 is 1.40 bits per heavy atom. The number of carboxylic acid groups (broad SMARTS) is 1. The molecule has 1 aromatic heterocycles. The molecular weight excluding hydrogens is 256 g/mol. The van der Waals surface area contributed by atoms with Crippen molar-refractivity contribution in [1.29, 1.82) is 0 Å². The van der Waals surface area contributed by atoms with Gasteiger partial charge in [0.2, 0.25) is 0 Å². The van der Waals surface area contributed by atoms with Gasteiger partial charge in [-0.25, -0.2) is 9.78 Å². The minimum absolute atomic E-state index is 0.0770. The summed E-state index contributed by atoms with van der Waals surface area (Å²) < 4.78 is 2.03. The Kier molecular flexibility index (Phi) is 3.81. The van der Waals surface area contributed by atoms with Crippen LogP contribution >= 0.6 is 0 Å². The third-order valence-electron chi connectivity index (χ3n) is 3.57. The number of imidazole rings is 1. The Balaban J connectivity index is 2.52. The minimum Gasteiger partial charge on any atom is -0.478 e. The number of aliphatic hydroxyl groups excluding tert-OH is 1. The number of aromatic carboxylic acids is 1. The van der Waals surface area contributed by atoms with Crippen molar-refractivity contribution < 1.29 is 15.0 Å². The maximum absolute atomic E-state index is 11.2. The van der Waals surface area contributed by atoms with Crippen LogP contribution < -0.4 is 0 Å². The molecule has 1 aromatic carbocycles. The first-order chi connectivity index (χ1) is 9.35. The largest absolute Gasteiger partial charge is 0.478 e. The van der Waals surface area contributed by atoms with E-state index in [9.17, 15) is 9.90 Å². The van der Waals surface area contributed by atoms with Crippen LogP contribution in [0.4, 0.5) is 0 Å². The lowest BCUT2D eigenvalue weighted by Crippen LogP contribution is -2.21. The zero-order valence-electron chi connectivity index (χ0n) is 12.1. The summed E-state index contributed by atoms with van der Waals surface area (Å²) in [6, 6.07) is 5.19. The molecule has 0 bridgehead atoms. The maximum Gasteiger partial charge on any atom is 0.337 e. The van der Waals surface area contributed by atoms with E-state index in [1.807, 2.05) is 17.6 Å². The molecule has 0 aliphatic heterocycles. The van der Waals surface area contributed by atoms with Crippen molar-refractivity contribution in [3.63, 3.8) is 0 Å². The van der Waals surface area contributed by atoms with Crippen LogP contribution in [0.2, 0.25) is 0 Å². The van der Waals surface area contributed by atoms with Crippen LogP contribution in [0.5, 0.6) is 0 Å². The number of carboxylic acids is 1. The van der Waals surface area contributed by atoms with E-state index in [2.05, 4.69) is 18.8 Å². The van der Waals surface area contributed by atoms with E-state index in [-0.39, 0.29) is 17.6 Å². The number of carbonyl (C=O) groups is 1. The predicted octanol–water partition coefficient (Wildman–Crippen LogP) is 2.45. The lowest BCUT2D eigenvalue weighted by molar-refractivity contribution is 0.0699. The summed E-state index contributed by atoms with van der Waals surface area (Å²) in [6.45, 7) is 6.86. The number of nitrogens with zero attached hydrogens (tertiary/aromatic N) is 2. The summed E-state index contributed by atoms with van der Waals surface area (Å²) >= 11 is 0. The summed E-state index contributed by atoms with van der Waals surface area (Å²) in [5.74, 6) is -0.172. The molecule has 5 nitrogen and oxygen atoms in total. The highest BCUT2D eigenvalue weighted by Crippen LogP contribution is 2.27. The number of aliphatic hydroxyl groups is 1. The second-order valence-electron chi connectivity index (χ2n) is 5.86. The number of hydrogen-bond donors (Lipinski definition) is 2. The van der Waals surface area contributed by atoms with Gasteiger partial charge in [0.1, 0.15) is 11.3 Å². The van der Waals surface area contributed by atoms with Crippen LogP contribution in [0.25, 0.3) is 11.0 Å². The Morgan fingerprint density at radius 2 is 2.10 bits per heavy atom. The summed E-state index contributed by atoms with van der Waals surface area (Å²) in [5, 5.41) is 18.3. The highest BCUT2D eigenvalue weighted by molar-refractivity contribution is 6.01. The number of para-hydroxylation sites is 1. The summed E-state index contributed by atoms with van der Waals surface area (Å²) in [4.78, 5) is 15.6. The fraction of sp³-hybridized carbons (Fsp3) is 0.467. The van der Waals surface area contributed by atoms with Crippen LogP contribution in [0.1, 0.15) is 36.5 Å². The van der Waals surface area contributed by atoms with Crippen molar-refractivity contribution in [3.8, 4) is 0 Å². The van der Waals surface area contributed by atoms with Crippen molar-refractivity contribution >= 4 is 17.0 Å². The third-order valence-corrected chi connectivity index (χ3v) is 3.57. The zero-order chi connectivity index (χ0) is 14.9. The first-order valence-electron chi connectivity index (χ1n) is 6.66. The fourth-order valence-corrected chi connectivity index (χ4v) is 2.45. The number of rotatable bonds is 5. The Morgan fingerprint density at radius 3 is 2.70 bits per heavy atom. The van der Waals surface area contributed by atoms with Crippen molar-refractivity contribution in [2.45, 2.75) is 33.7 Å². The molecule has 0 saturated carbocycles. The molecule has 2 aromatic rings. The second kappa shape index (κ2) is 5.25. The van der Waals surface area contributed by atoms with Gasteiger partial charge < -0.3 is 14.8 Å². The highest BCUT2D eigenvalue weighted by Gasteiger charge is 2.22. The first kappa shape index (κ1) is 14.5. The number of aryl methyl sites for hydroxylation is 1. The van der Waals surface area contributed by atoms with E-state index < -0.39 is 5.97 Å². The second-order valence-corrected chi connectivity index (χ2v) is 5.86. The molecule has 20 heavy (non-hydrogen) atoms. The zero-order valence-corrected chi connectivity index (χ0v) is 12.1. The van der Waals surface area contributed by atoms with Crippen LogP contribution in [0.15, 0.2) is 18.2 Å². The summed E-state index contributed by atoms with van der Waals surface area (Å²) in [7, 11) is 0. The van der Waals surface area contributed by atoms with Gasteiger partial charge in [-0.3, -0.25) is 0 Å². The van der Waals surface area contributed by atoms with Gasteiger partial charge in [0, 0.05) is 13.2 Å². The standard InChI is InChI=1S/C15H20N2O3/c1-10-16-13-11(14(19)20)5-4-6-12(13)17(10)9-15(2,3)7-8-18/h4-6,18H,7-9H2,1-3H3,(H,19,20). The lowest BCUT2D eigenvalue weighted by Gasteiger charge is -2.25. The molecular formula is C15H20N2O3. The molecule has 1 heterocycles. The third kappa shape index (κ3) is 2.67. The number of benzene rings is 1. The van der Waals surface area contributed by atoms with Crippen LogP contribution in [-0.4, -0.2) is 32.3 Å². The highest BCUT2D eigenvalue weighted by atomic mass is 16.4. The van der Waals surface area contributed by atoms with Gasteiger partial charge >= 0.3 is 5.97 Å². The number of hydrogen-bond acceptors (Lipinski definition) is 3. The average Bonchev–Trinajstić information content (AvgIpc) is 2.65. The van der Waals surface area contributed by atoms with E-state index >= 15 is 0 Å². The topological polar surface area (TPSA) is 75.3 Å². The summed E-state index contributed by atoms with van der Waals surface area (Å²) in [6.07, 6.45) is 0.685. The van der Waals surface area contributed by atoms with E-state index in [0.29, 0.717) is 18.5 Å². The van der Waals surface area contributed by atoms with E-state index in [0.717, 1.165) is 11.3 Å². The molecule has 108 valence electrons. The molecule has 0 saturated heterocycles. The van der Waals surface area contributed by atoms with Crippen molar-refractivity contribution in [3.05, 3.63) is 29.6 Å². The van der Waals surface area contributed by atoms with Gasteiger partial charge in [0.15, 0.2) is 0 Å². The van der Waals surface area contributed by atoms with Gasteiger partial charge in [0.25, 0.3) is 0 Å². The molecule has 2 N–H and O–H groups in total. The van der Waals surface area contributed by atoms with Gasteiger partial charge in [0.05, 0.1) is 11.1 Å². The predicted molar refractivity (Wildman–Crippen MR) is 76.9 cm³/mol. The molecule has 0 fully saturated rings.